The van der Waals surface area contributed by atoms with Crippen molar-refractivity contribution in [3.8, 4) is 6.07 Å². The van der Waals surface area contributed by atoms with Gasteiger partial charge in [-0.15, -0.1) is 0 Å². The summed E-state index contributed by atoms with van der Waals surface area (Å²) in [5.74, 6) is 0. The van der Waals surface area contributed by atoms with Gasteiger partial charge in [0.15, 0.2) is 5.69 Å². The van der Waals surface area contributed by atoms with E-state index in [2.05, 4.69) is 35.2 Å². The lowest BCUT2D eigenvalue weighted by Gasteiger charge is -2.23. The molecule has 0 atom stereocenters. The number of fused-ring (bicyclic) bond motifs is 1. The van der Waals surface area contributed by atoms with Crippen molar-refractivity contribution in [2.24, 2.45) is 0 Å². The van der Waals surface area contributed by atoms with Crippen molar-refractivity contribution >= 4 is 11.6 Å². The van der Waals surface area contributed by atoms with Crippen LogP contribution in [0.25, 0.3) is 0 Å². The summed E-state index contributed by atoms with van der Waals surface area (Å²) < 4.78 is 2.04. The Morgan fingerprint density at radius 2 is 2.09 bits per heavy atom. The molecule has 0 fully saturated rings. The second-order valence-corrected chi connectivity index (χ2v) is 6.26. The Balaban J connectivity index is 1.68. The molecule has 114 valence electrons. The van der Waals surface area contributed by atoms with E-state index in [9.17, 15) is 5.26 Å². The molecule has 1 aromatic carbocycles. The maximum atomic E-state index is 9.27. The van der Waals surface area contributed by atoms with Gasteiger partial charge in [-0.05, 0) is 37.6 Å². The van der Waals surface area contributed by atoms with Gasteiger partial charge in [0.2, 0.25) is 0 Å². The van der Waals surface area contributed by atoms with Crippen LogP contribution in [0.4, 0.5) is 0 Å². The molecule has 0 spiro atoms. The molecule has 2 aromatic rings. The number of hydrogen-bond acceptors (Lipinski definition) is 3. The Morgan fingerprint density at radius 3 is 2.82 bits per heavy atom. The molecule has 0 saturated carbocycles. The number of nitrogens with zero attached hydrogens (tertiary/aromatic N) is 4. The molecule has 3 rings (SSSR count). The van der Waals surface area contributed by atoms with E-state index < -0.39 is 0 Å². The minimum Gasteiger partial charge on any atom is -0.302 e. The monoisotopic (exact) mass is 314 g/mol. The Morgan fingerprint density at radius 1 is 1.32 bits per heavy atom. The van der Waals surface area contributed by atoms with Crippen molar-refractivity contribution in [3.05, 3.63) is 51.8 Å². The fourth-order valence-corrected chi connectivity index (χ4v) is 3.11. The first-order valence-electron chi connectivity index (χ1n) is 7.59. The Bertz CT molecular complexity index is 697. The van der Waals surface area contributed by atoms with Gasteiger partial charge in [-0.25, -0.2) is 0 Å². The number of likely N-dealkylation sites (N-methyl/N-ethyl adjacent to an activating group) is 1. The molecule has 2 heterocycles. The van der Waals surface area contributed by atoms with Crippen LogP contribution in [-0.4, -0.2) is 28.3 Å². The van der Waals surface area contributed by atoms with E-state index in [1.807, 2.05) is 16.8 Å². The van der Waals surface area contributed by atoms with Gasteiger partial charge in [-0.1, -0.05) is 23.7 Å². The third kappa shape index (κ3) is 3.16. The highest BCUT2D eigenvalue weighted by atomic mass is 35.5. The Kier molecular flexibility index (Phi) is 4.47. The van der Waals surface area contributed by atoms with Crippen molar-refractivity contribution in [1.29, 1.82) is 5.26 Å². The van der Waals surface area contributed by atoms with Crippen LogP contribution >= 0.6 is 11.6 Å². The summed E-state index contributed by atoms with van der Waals surface area (Å²) in [4.78, 5) is 2.24. The zero-order valence-electron chi connectivity index (χ0n) is 12.7. The maximum absolute atomic E-state index is 9.27. The molecule has 1 aromatic heterocycles. The first-order chi connectivity index (χ1) is 10.7. The van der Waals surface area contributed by atoms with Crippen molar-refractivity contribution < 1.29 is 0 Å². The fourth-order valence-electron chi connectivity index (χ4n) is 2.98. The number of hydrogen-bond donors (Lipinski definition) is 0. The van der Waals surface area contributed by atoms with Crippen molar-refractivity contribution in [1.82, 2.24) is 14.7 Å². The molecule has 1 aliphatic heterocycles. The highest BCUT2D eigenvalue weighted by Crippen LogP contribution is 2.22. The highest BCUT2D eigenvalue weighted by molar-refractivity contribution is 6.30. The second kappa shape index (κ2) is 6.51. The summed E-state index contributed by atoms with van der Waals surface area (Å²) in [7, 11) is 2.09. The largest absolute Gasteiger partial charge is 0.302 e. The Hall–Kier alpha value is -1.83. The lowest BCUT2D eigenvalue weighted by atomic mass is 10.1. The zero-order valence-corrected chi connectivity index (χ0v) is 13.5. The summed E-state index contributed by atoms with van der Waals surface area (Å²) in [5.41, 5.74) is 4.23. The van der Waals surface area contributed by atoms with Gasteiger partial charge in [0.05, 0.1) is 0 Å². The van der Waals surface area contributed by atoms with Gasteiger partial charge in [0, 0.05) is 42.3 Å². The summed E-state index contributed by atoms with van der Waals surface area (Å²) in [5, 5.41) is 14.5. The quantitative estimate of drug-likeness (QED) is 0.871. The molecule has 5 heteroatoms. The number of aromatic nitrogens is 2. The van der Waals surface area contributed by atoms with Crippen LogP contribution in [-0.2, 0) is 25.9 Å². The average Bonchev–Trinajstić information content (AvgIpc) is 2.86. The van der Waals surface area contributed by atoms with Gasteiger partial charge >= 0.3 is 0 Å². The minimum atomic E-state index is 0.591. The van der Waals surface area contributed by atoms with Gasteiger partial charge < -0.3 is 4.90 Å². The number of benzene rings is 1. The lowest BCUT2D eigenvalue weighted by Crippen LogP contribution is -2.27. The first-order valence-corrected chi connectivity index (χ1v) is 7.97. The minimum absolute atomic E-state index is 0.591. The van der Waals surface area contributed by atoms with Crippen molar-refractivity contribution in [2.45, 2.75) is 32.4 Å². The van der Waals surface area contributed by atoms with Crippen LogP contribution in [0.5, 0.6) is 0 Å². The predicted octanol–water partition coefficient (Wildman–Crippen LogP) is 3.03. The van der Waals surface area contributed by atoms with E-state index >= 15 is 0 Å². The van der Waals surface area contributed by atoms with Crippen molar-refractivity contribution in [3.63, 3.8) is 0 Å². The molecule has 22 heavy (non-hydrogen) atoms. The van der Waals surface area contributed by atoms with Crippen LogP contribution in [0, 0.1) is 11.3 Å². The lowest BCUT2D eigenvalue weighted by molar-refractivity contribution is 0.307. The smallest absolute Gasteiger partial charge is 0.167 e. The van der Waals surface area contributed by atoms with Crippen LogP contribution in [0.3, 0.4) is 0 Å². The van der Waals surface area contributed by atoms with Crippen molar-refractivity contribution in [2.75, 3.05) is 13.6 Å². The molecular formula is C17H19ClN4. The number of nitriles is 1. The maximum Gasteiger partial charge on any atom is 0.167 e. The molecule has 0 aliphatic carbocycles. The normalized spacial score (nSPS) is 14.6. The van der Waals surface area contributed by atoms with Gasteiger partial charge in [-0.3, -0.25) is 4.68 Å². The molecule has 0 amide bonds. The third-order valence-corrected chi connectivity index (χ3v) is 4.43. The van der Waals surface area contributed by atoms with E-state index in [-0.39, 0.29) is 0 Å². The number of rotatable bonds is 4. The molecule has 0 saturated heterocycles. The molecule has 0 bridgehead atoms. The van der Waals surface area contributed by atoms with Gasteiger partial charge in [0.1, 0.15) is 6.07 Å². The number of halogens is 1. The summed E-state index contributed by atoms with van der Waals surface area (Å²) in [6.45, 7) is 2.71. The molecule has 0 N–H and O–H groups in total. The summed E-state index contributed by atoms with van der Waals surface area (Å²) in [6.07, 6.45) is 2.98. The first kappa shape index (κ1) is 15.1. The van der Waals surface area contributed by atoms with Gasteiger partial charge in [-0.2, -0.15) is 10.4 Å². The fraction of sp³-hybridized carbons (Fsp3) is 0.412. The Labute approximate surface area is 135 Å². The van der Waals surface area contributed by atoms with Crippen LogP contribution in [0.2, 0.25) is 5.02 Å². The second-order valence-electron chi connectivity index (χ2n) is 5.83. The molecular weight excluding hydrogens is 296 g/mol. The molecule has 0 unspecified atom stereocenters. The van der Waals surface area contributed by atoms with Gasteiger partial charge in [0.25, 0.3) is 0 Å². The standard InChI is InChI=1S/C17H19ClN4/c1-21-10-8-17-15(12-21)16(11-19)20-22(17)9-2-3-13-4-6-14(18)7-5-13/h4-7H,2-3,8-10,12H2,1H3. The van der Waals surface area contributed by atoms with E-state index in [1.54, 1.807) is 0 Å². The van der Waals surface area contributed by atoms with Crippen LogP contribution in [0.15, 0.2) is 24.3 Å². The number of aryl methyl sites for hydroxylation is 2. The third-order valence-electron chi connectivity index (χ3n) is 4.18. The predicted molar refractivity (Wildman–Crippen MR) is 86.8 cm³/mol. The average molecular weight is 315 g/mol. The topological polar surface area (TPSA) is 44.9 Å². The van der Waals surface area contributed by atoms with E-state index in [4.69, 9.17) is 11.6 Å². The van der Waals surface area contributed by atoms with E-state index in [0.29, 0.717) is 5.69 Å². The SMILES string of the molecule is CN1CCc2c(c(C#N)nn2CCCc2ccc(Cl)cc2)C1. The van der Waals surface area contributed by atoms with E-state index in [1.165, 1.54) is 11.3 Å². The van der Waals surface area contributed by atoms with E-state index in [0.717, 1.165) is 49.5 Å². The van der Waals surface area contributed by atoms with Crippen LogP contribution in [0.1, 0.15) is 28.9 Å². The summed E-state index contributed by atoms with van der Waals surface area (Å²) in [6, 6.07) is 10.2. The highest BCUT2D eigenvalue weighted by Gasteiger charge is 2.22. The zero-order chi connectivity index (χ0) is 15.5. The van der Waals surface area contributed by atoms with Crippen LogP contribution < -0.4 is 0 Å². The molecule has 0 radical (unpaired) electrons. The molecule has 4 nitrogen and oxygen atoms in total. The molecule has 1 aliphatic rings. The summed E-state index contributed by atoms with van der Waals surface area (Å²) >= 11 is 5.90.